The summed E-state index contributed by atoms with van der Waals surface area (Å²) in [5.41, 5.74) is 4.88. The van der Waals surface area contributed by atoms with Gasteiger partial charge in [-0.1, -0.05) is 35.0 Å². The molecular formula is C18H21Br2NO. The summed E-state index contributed by atoms with van der Waals surface area (Å²) in [6, 6.07) is 10.4. The van der Waals surface area contributed by atoms with Crippen molar-refractivity contribution in [3.8, 4) is 5.75 Å². The summed E-state index contributed by atoms with van der Waals surface area (Å²) in [5.74, 6) is 0.919. The Hall–Kier alpha value is -1.00. The number of benzene rings is 2. The Labute approximate surface area is 149 Å². The van der Waals surface area contributed by atoms with E-state index in [4.69, 9.17) is 4.74 Å². The third kappa shape index (κ3) is 4.26. The molecule has 1 N–H and O–H groups in total. The van der Waals surface area contributed by atoms with Crippen molar-refractivity contribution in [2.24, 2.45) is 0 Å². The normalized spacial score (nSPS) is 10.6. The van der Waals surface area contributed by atoms with Crippen molar-refractivity contribution in [1.29, 1.82) is 0 Å². The van der Waals surface area contributed by atoms with Crippen LogP contribution in [0.4, 0.5) is 5.69 Å². The molecule has 0 radical (unpaired) electrons. The lowest BCUT2D eigenvalue weighted by Gasteiger charge is -2.16. The van der Waals surface area contributed by atoms with E-state index in [9.17, 15) is 0 Å². The second-order valence-corrected chi connectivity index (χ2v) is 7.10. The van der Waals surface area contributed by atoms with Crippen molar-refractivity contribution in [3.05, 3.63) is 56.0 Å². The van der Waals surface area contributed by atoms with Crippen LogP contribution in [0.1, 0.15) is 30.0 Å². The maximum absolute atomic E-state index is 5.91. The fourth-order valence-electron chi connectivity index (χ4n) is 2.24. The molecule has 0 aliphatic rings. The molecule has 0 aliphatic carbocycles. The molecule has 4 heteroatoms. The monoisotopic (exact) mass is 425 g/mol. The standard InChI is InChI=1S/C18H21Br2NO/c1-4-8-22-18-14(9-15(19)10-16(18)20)11-21-17-7-5-6-12(2)13(17)3/h5-7,9-10,21H,4,8,11H2,1-3H3. The summed E-state index contributed by atoms with van der Waals surface area (Å²) < 4.78 is 7.93. The smallest absolute Gasteiger partial charge is 0.138 e. The second kappa shape index (κ2) is 8.02. The summed E-state index contributed by atoms with van der Waals surface area (Å²) in [5, 5.41) is 3.52. The van der Waals surface area contributed by atoms with Crippen LogP contribution < -0.4 is 10.1 Å². The molecule has 0 spiro atoms. The summed E-state index contributed by atoms with van der Waals surface area (Å²) in [6.45, 7) is 7.83. The molecule has 0 aliphatic heterocycles. The summed E-state index contributed by atoms with van der Waals surface area (Å²) in [4.78, 5) is 0. The molecule has 0 amide bonds. The molecule has 0 fully saturated rings. The fraction of sp³-hybridized carbons (Fsp3) is 0.333. The minimum atomic E-state index is 0.719. The van der Waals surface area contributed by atoms with Crippen LogP contribution in [0.3, 0.4) is 0 Å². The van der Waals surface area contributed by atoms with Gasteiger partial charge in [0.2, 0.25) is 0 Å². The zero-order chi connectivity index (χ0) is 16.1. The number of ether oxygens (including phenoxy) is 1. The van der Waals surface area contributed by atoms with Crippen LogP contribution in [-0.4, -0.2) is 6.61 Å². The predicted octanol–water partition coefficient (Wildman–Crippen LogP) is 6.23. The van der Waals surface area contributed by atoms with Crippen LogP contribution >= 0.6 is 31.9 Å². The van der Waals surface area contributed by atoms with Crippen molar-refractivity contribution in [2.75, 3.05) is 11.9 Å². The fourth-order valence-corrected chi connectivity index (χ4v) is 3.67. The van der Waals surface area contributed by atoms with E-state index in [1.54, 1.807) is 0 Å². The molecule has 0 bridgehead atoms. The van der Waals surface area contributed by atoms with Crippen molar-refractivity contribution < 1.29 is 4.74 Å². The maximum atomic E-state index is 5.91. The van der Waals surface area contributed by atoms with Gasteiger partial charge >= 0.3 is 0 Å². The minimum absolute atomic E-state index is 0.719. The van der Waals surface area contributed by atoms with Gasteiger partial charge < -0.3 is 10.1 Å². The van der Waals surface area contributed by atoms with Crippen molar-refractivity contribution in [2.45, 2.75) is 33.7 Å². The van der Waals surface area contributed by atoms with Gasteiger partial charge in [-0.15, -0.1) is 0 Å². The number of halogens is 2. The minimum Gasteiger partial charge on any atom is -0.492 e. The molecular weight excluding hydrogens is 406 g/mol. The first-order chi connectivity index (χ1) is 10.5. The molecule has 118 valence electrons. The largest absolute Gasteiger partial charge is 0.492 e. The second-order valence-electron chi connectivity index (χ2n) is 5.33. The van der Waals surface area contributed by atoms with Gasteiger partial charge in [-0.2, -0.15) is 0 Å². The molecule has 2 rings (SSSR count). The molecule has 0 atom stereocenters. The number of anilines is 1. The van der Waals surface area contributed by atoms with E-state index in [-0.39, 0.29) is 0 Å². The molecule has 0 heterocycles. The maximum Gasteiger partial charge on any atom is 0.138 e. The first-order valence-electron chi connectivity index (χ1n) is 7.43. The summed E-state index contributed by atoms with van der Waals surface area (Å²) in [7, 11) is 0. The van der Waals surface area contributed by atoms with Crippen LogP contribution in [0.2, 0.25) is 0 Å². The SMILES string of the molecule is CCCOc1c(Br)cc(Br)cc1CNc1cccc(C)c1C. The lowest BCUT2D eigenvalue weighted by molar-refractivity contribution is 0.312. The van der Waals surface area contributed by atoms with Crippen LogP contribution in [-0.2, 0) is 6.54 Å². The number of hydrogen-bond donors (Lipinski definition) is 1. The van der Waals surface area contributed by atoms with E-state index >= 15 is 0 Å². The van der Waals surface area contributed by atoms with Gasteiger partial charge in [-0.05, 0) is 65.5 Å². The van der Waals surface area contributed by atoms with E-state index in [1.807, 2.05) is 6.07 Å². The highest BCUT2D eigenvalue weighted by molar-refractivity contribution is 9.11. The first kappa shape index (κ1) is 17.4. The molecule has 0 aromatic heterocycles. The average Bonchev–Trinajstić information content (AvgIpc) is 2.47. The number of nitrogens with one attached hydrogen (secondary N) is 1. The van der Waals surface area contributed by atoms with E-state index in [0.717, 1.165) is 45.5 Å². The van der Waals surface area contributed by atoms with E-state index in [0.29, 0.717) is 0 Å². The van der Waals surface area contributed by atoms with Gasteiger partial charge in [-0.25, -0.2) is 0 Å². The Kier molecular flexibility index (Phi) is 6.33. The van der Waals surface area contributed by atoms with Crippen molar-refractivity contribution in [1.82, 2.24) is 0 Å². The molecule has 0 unspecified atom stereocenters. The zero-order valence-corrected chi connectivity index (χ0v) is 16.3. The zero-order valence-electron chi connectivity index (χ0n) is 13.2. The van der Waals surface area contributed by atoms with Gasteiger partial charge in [0.1, 0.15) is 5.75 Å². The van der Waals surface area contributed by atoms with E-state index < -0.39 is 0 Å². The lowest BCUT2D eigenvalue weighted by atomic mass is 10.1. The quantitative estimate of drug-likeness (QED) is 0.591. The first-order valence-corrected chi connectivity index (χ1v) is 9.02. The van der Waals surface area contributed by atoms with Gasteiger partial charge in [0.15, 0.2) is 0 Å². The third-order valence-corrected chi connectivity index (χ3v) is 4.66. The lowest BCUT2D eigenvalue weighted by Crippen LogP contribution is -2.06. The third-order valence-electron chi connectivity index (χ3n) is 3.61. The predicted molar refractivity (Wildman–Crippen MR) is 101 cm³/mol. The van der Waals surface area contributed by atoms with E-state index in [1.165, 1.54) is 11.1 Å². The Balaban J connectivity index is 2.23. The van der Waals surface area contributed by atoms with Crippen LogP contribution in [0.15, 0.2) is 39.3 Å². The number of hydrogen-bond acceptors (Lipinski definition) is 2. The Bertz CT molecular complexity index is 656. The van der Waals surface area contributed by atoms with Crippen molar-refractivity contribution in [3.63, 3.8) is 0 Å². The molecule has 2 aromatic rings. The average molecular weight is 427 g/mol. The highest BCUT2D eigenvalue weighted by Crippen LogP contribution is 2.34. The van der Waals surface area contributed by atoms with Crippen LogP contribution in [0, 0.1) is 13.8 Å². The summed E-state index contributed by atoms with van der Waals surface area (Å²) in [6.07, 6.45) is 0.992. The van der Waals surface area contributed by atoms with Crippen LogP contribution in [0.5, 0.6) is 5.75 Å². The summed E-state index contributed by atoms with van der Waals surface area (Å²) >= 11 is 7.15. The highest BCUT2D eigenvalue weighted by atomic mass is 79.9. The molecule has 2 aromatic carbocycles. The molecule has 22 heavy (non-hydrogen) atoms. The van der Waals surface area contributed by atoms with Gasteiger partial charge in [0.05, 0.1) is 11.1 Å². The van der Waals surface area contributed by atoms with E-state index in [2.05, 4.69) is 82.2 Å². The molecule has 0 saturated carbocycles. The molecule has 2 nitrogen and oxygen atoms in total. The number of aryl methyl sites for hydroxylation is 1. The van der Waals surface area contributed by atoms with Gasteiger partial charge in [0, 0.05) is 22.3 Å². The topological polar surface area (TPSA) is 21.3 Å². The van der Waals surface area contributed by atoms with Gasteiger partial charge in [0.25, 0.3) is 0 Å². The highest BCUT2D eigenvalue weighted by Gasteiger charge is 2.11. The van der Waals surface area contributed by atoms with Gasteiger partial charge in [-0.3, -0.25) is 0 Å². The number of rotatable bonds is 6. The Morgan fingerprint density at radius 3 is 2.64 bits per heavy atom. The van der Waals surface area contributed by atoms with Crippen LogP contribution in [0.25, 0.3) is 0 Å². The molecule has 0 saturated heterocycles. The Morgan fingerprint density at radius 1 is 1.14 bits per heavy atom. The Morgan fingerprint density at radius 2 is 1.91 bits per heavy atom. The van der Waals surface area contributed by atoms with Crippen molar-refractivity contribution >= 4 is 37.5 Å².